The van der Waals surface area contributed by atoms with E-state index in [9.17, 15) is 0 Å². The van der Waals surface area contributed by atoms with Gasteiger partial charge in [0.1, 0.15) is 0 Å². The quantitative estimate of drug-likeness (QED) is 0.783. The van der Waals surface area contributed by atoms with Crippen LogP contribution in [0.15, 0.2) is 23.7 Å². The van der Waals surface area contributed by atoms with Gasteiger partial charge in [0.2, 0.25) is 0 Å². The van der Waals surface area contributed by atoms with Crippen molar-refractivity contribution in [3.05, 3.63) is 23.7 Å². The zero-order chi connectivity index (χ0) is 9.38. The molecule has 0 aliphatic carbocycles. The summed E-state index contributed by atoms with van der Waals surface area (Å²) in [5.74, 6) is 0. The largest absolute Gasteiger partial charge is 0.380 e. The second-order valence-corrected chi connectivity index (χ2v) is 4.42. The van der Waals surface area contributed by atoms with Gasteiger partial charge in [-0.25, -0.2) is 4.98 Å². The van der Waals surface area contributed by atoms with Crippen LogP contribution in [0.3, 0.4) is 0 Å². The minimum atomic E-state index is 0.598. The molecule has 2 heterocycles. The van der Waals surface area contributed by atoms with Crippen molar-refractivity contribution in [1.29, 1.82) is 0 Å². The molecule has 1 fully saturated rings. The molecule has 1 aliphatic heterocycles. The van der Waals surface area contributed by atoms with Crippen LogP contribution >= 0.6 is 11.3 Å². The number of fused-ring (bicyclic) bond motifs is 1. The van der Waals surface area contributed by atoms with E-state index in [-0.39, 0.29) is 0 Å². The molecule has 2 N–H and O–H groups in total. The number of thiazole rings is 1. The number of nitrogens with one attached hydrogen (secondary N) is 2. The van der Waals surface area contributed by atoms with E-state index in [0.29, 0.717) is 6.04 Å². The molecule has 0 atom stereocenters. The fourth-order valence-corrected chi connectivity index (χ4v) is 2.29. The third-order valence-electron chi connectivity index (χ3n) is 2.48. The van der Waals surface area contributed by atoms with Gasteiger partial charge in [-0.2, -0.15) is 0 Å². The van der Waals surface area contributed by atoms with E-state index in [1.807, 2.05) is 5.51 Å². The van der Waals surface area contributed by atoms with Gasteiger partial charge in [0, 0.05) is 18.8 Å². The highest BCUT2D eigenvalue weighted by Gasteiger charge is 2.15. The first kappa shape index (κ1) is 8.20. The molecular formula is C10H11N3S. The molecule has 2 aromatic rings. The number of rotatable bonds is 2. The third kappa shape index (κ3) is 1.36. The molecule has 72 valence electrons. The summed E-state index contributed by atoms with van der Waals surface area (Å²) < 4.78 is 1.25. The SMILES string of the molecule is c1nc2ccc(NC3CNC3)cc2s1. The number of aromatic nitrogens is 1. The summed E-state index contributed by atoms with van der Waals surface area (Å²) in [5.41, 5.74) is 4.18. The van der Waals surface area contributed by atoms with Gasteiger partial charge in [-0.1, -0.05) is 0 Å². The minimum Gasteiger partial charge on any atom is -0.380 e. The summed E-state index contributed by atoms with van der Waals surface area (Å²) in [6.07, 6.45) is 0. The van der Waals surface area contributed by atoms with Gasteiger partial charge in [-0.3, -0.25) is 0 Å². The van der Waals surface area contributed by atoms with Gasteiger partial charge in [0.25, 0.3) is 0 Å². The Morgan fingerprint density at radius 1 is 1.43 bits per heavy atom. The van der Waals surface area contributed by atoms with Crippen molar-refractivity contribution in [2.45, 2.75) is 6.04 Å². The van der Waals surface area contributed by atoms with Crippen molar-refractivity contribution in [3.8, 4) is 0 Å². The Morgan fingerprint density at radius 3 is 3.14 bits per heavy atom. The number of benzene rings is 1. The van der Waals surface area contributed by atoms with Gasteiger partial charge in [-0.15, -0.1) is 11.3 Å². The average molecular weight is 205 g/mol. The van der Waals surface area contributed by atoms with Gasteiger partial charge in [-0.05, 0) is 18.2 Å². The molecule has 1 aliphatic rings. The Labute approximate surface area is 86.2 Å². The maximum atomic E-state index is 4.25. The molecule has 4 heteroatoms. The average Bonchev–Trinajstić information content (AvgIpc) is 2.58. The molecule has 3 rings (SSSR count). The highest BCUT2D eigenvalue weighted by molar-refractivity contribution is 7.16. The molecule has 0 spiro atoms. The van der Waals surface area contributed by atoms with Crippen molar-refractivity contribution < 1.29 is 0 Å². The van der Waals surface area contributed by atoms with Gasteiger partial charge < -0.3 is 10.6 Å². The second-order valence-electron chi connectivity index (χ2n) is 3.53. The summed E-state index contributed by atoms with van der Waals surface area (Å²) in [5, 5.41) is 6.72. The first-order chi connectivity index (χ1) is 6.92. The molecule has 14 heavy (non-hydrogen) atoms. The van der Waals surface area contributed by atoms with Crippen LogP contribution in [0.2, 0.25) is 0 Å². The first-order valence-corrected chi connectivity index (χ1v) is 5.60. The lowest BCUT2D eigenvalue weighted by molar-refractivity contribution is 0.472. The fourth-order valence-electron chi connectivity index (χ4n) is 1.57. The van der Waals surface area contributed by atoms with Crippen LogP contribution in [0.1, 0.15) is 0 Å². The highest BCUT2D eigenvalue weighted by Crippen LogP contribution is 2.22. The maximum Gasteiger partial charge on any atom is 0.0813 e. The molecule has 0 unspecified atom stereocenters. The zero-order valence-electron chi connectivity index (χ0n) is 7.66. The highest BCUT2D eigenvalue weighted by atomic mass is 32.1. The molecule has 0 radical (unpaired) electrons. The van der Waals surface area contributed by atoms with Gasteiger partial charge >= 0.3 is 0 Å². The summed E-state index contributed by atoms with van der Waals surface area (Å²) in [6, 6.07) is 6.94. The normalized spacial score (nSPS) is 16.9. The van der Waals surface area contributed by atoms with Crippen molar-refractivity contribution in [2.75, 3.05) is 18.4 Å². The van der Waals surface area contributed by atoms with Crippen molar-refractivity contribution in [3.63, 3.8) is 0 Å². The first-order valence-electron chi connectivity index (χ1n) is 4.72. The minimum absolute atomic E-state index is 0.598. The number of hydrogen-bond donors (Lipinski definition) is 2. The zero-order valence-corrected chi connectivity index (χ0v) is 8.47. The Morgan fingerprint density at radius 2 is 2.36 bits per heavy atom. The van der Waals surface area contributed by atoms with E-state index >= 15 is 0 Å². The fraction of sp³-hybridized carbons (Fsp3) is 0.300. The van der Waals surface area contributed by atoms with Crippen LogP contribution in [0, 0.1) is 0 Å². The van der Waals surface area contributed by atoms with Crippen molar-refractivity contribution >= 4 is 27.2 Å². The van der Waals surface area contributed by atoms with Crippen LogP contribution in [-0.2, 0) is 0 Å². The lowest BCUT2D eigenvalue weighted by atomic mass is 10.1. The molecule has 0 saturated carbocycles. The smallest absolute Gasteiger partial charge is 0.0813 e. The van der Waals surface area contributed by atoms with Crippen LogP contribution in [-0.4, -0.2) is 24.1 Å². The molecule has 0 amide bonds. The lowest BCUT2D eigenvalue weighted by Gasteiger charge is -2.28. The van der Waals surface area contributed by atoms with Crippen LogP contribution in [0.4, 0.5) is 5.69 Å². The summed E-state index contributed by atoms with van der Waals surface area (Å²) in [4.78, 5) is 4.25. The lowest BCUT2D eigenvalue weighted by Crippen LogP contribution is -2.51. The molecule has 3 nitrogen and oxygen atoms in total. The van der Waals surface area contributed by atoms with E-state index < -0.39 is 0 Å². The van der Waals surface area contributed by atoms with Crippen LogP contribution in [0.25, 0.3) is 10.2 Å². The Hall–Kier alpha value is -1.13. The van der Waals surface area contributed by atoms with Crippen LogP contribution < -0.4 is 10.6 Å². The number of anilines is 1. The predicted octanol–water partition coefficient (Wildman–Crippen LogP) is 1.68. The molecular weight excluding hydrogens is 194 g/mol. The number of nitrogens with zero attached hydrogens (tertiary/aromatic N) is 1. The Kier molecular flexibility index (Phi) is 1.89. The van der Waals surface area contributed by atoms with E-state index in [1.165, 1.54) is 10.4 Å². The predicted molar refractivity (Wildman–Crippen MR) is 59.9 cm³/mol. The van der Waals surface area contributed by atoms with Crippen LogP contribution in [0.5, 0.6) is 0 Å². The van der Waals surface area contributed by atoms with Gasteiger partial charge in [0.05, 0.1) is 21.8 Å². The summed E-state index contributed by atoms with van der Waals surface area (Å²) in [6.45, 7) is 2.14. The molecule has 1 saturated heterocycles. The monoisotopic (exact) mass is 205 g/mol. The molecule has 1 aromatic heterocycles. The number of hydrogen-bond acceptors (Lipinski definition) is 4. The Bertz CT molecular complexity index is 447. The van der Waals surface area contributed by atoms with E-state index in [0.717, 1.165) is 18.6 Å². The third-order valence-corrected chi connectivity index (χ3v) is 3.28. The Balaban J connectivity index is 1.88. The van der Waals surface area contributed by atoms with E-state index in [4.69, 9.17) is 0 Å². The standard InChI is InChI=1S/C10H11N3S/c1-2-9-10(14-6-12-9)3-7(1)13-8-4-11-5-8/h1-3,6,8,11,13H,4-5H2. The van der Waals surface area contributed by atoms with E-state index in [1.54, 1.807) is 11.3 Å². The summed E-state index contributed by atoms with van der Waals surface area (Å²) >= 11 is 1.69. The topological polar surface area (TPSA) is 37.0 Å². The van der Waals surface area contributed by atoms with Crippen molar-refractivity contribution in [1.82, 2.24) is 10.3 Å². The molecule has 0 bridgehead atoms. The van der Waals surface area contributed by atoms with Gasteiger partial charge in [0.15, 0.2) is 0 Å². The van der Waals surface area contributed by atoms with Crippen molar-refractivity contribution in [2.24, 2.45) is 0 Å². The molecule has 1 aromatic carbocycles. The summed E-state index contributed by atoms with van der Waals surface area (Å²) in [7, 11) is 0. The second kappa shape index (κ2) is 3.22. The maximum absolute atomic E-state index is 4.25. The van der Waals surface area contributed by atoms with E-state index in [2.05, 4.69) is 33.8 Å².